The third-order valence-corrected chi connectivity index (χ3v) is 4.14. The van der Waals surface area contributed by atoms with Crippen LogP contribution in [0.25, 0.3) is 11.1 Å². The highest BCUT2D eigenvalue weighted by Crippen LogP contribution is 2.18. The van der Waals surface area contributed by atoms with Crippen LogP contribution in [0.15, 0.2) is 66.2 Å². The highest BCUT2D eigenvalue weighted by atomic mass is 16.3. The molecule has 2 aromatic rings. The number of rotatable bonds is 5. The van der Waals surface area contributed by atoms with Gasteiger partial charge in [0.05, 0.1) is 0 Å². The zero-order chi connectivity index (χ0) is 22.4. The molecule has 4 heteroatoms. The van der Waals surface area contributed by atoms with Gasteiger partial charge in [0, 0.05) is 14.1 Å². The number of carbonyl (C=O) groups is 1. The second-order valence-corrected chi connectivity index (χ2v) is 6.71. The molecule has 0 saturated heterocycles. The molecule has 1 amide bonds. The fourth-order valence-electron chi connectivity index (χ4n) is 2.47. The standard InChI is InChI=1S/C13H12.C10H19NO3.C2H6/c1-11-7-9-13(10-8-11)12-5-3-2-4-6-12;1-5-6-7(2)8(12)9(13)10(14)11(3)4;1-2/h2-10H,1H3;6,8-9,12-13H,5H2,1-4H3;1-2H3/b;7-6+;. The maximum Gasteiger partial charge on any atom is 0.253 e. The van der Waals surface area contributed by atoms with Crippen molar-refractivity contribution in [2.75, 3.05) is 14.1 Å². The fraction of sp³-hybridized carbons (Fsp3) is 0.400. The molecule has 2 N–H and O–H groups in total. The largest absolute Gasteiger partial charge is 0.385 e. The summed E-state index contributed by atoms with van der Waals surface area (Å²) in [7, 11) is 3.08. The molecule has 2 atom stereocenters. The Hall–Kier alpha value is -2.43. The van der Waals surface area contributed by atoms with Crippen LogP contribution >= 0.6 is 0 Å². The van der Waals surface area contributed by atoms with Crippen molar-refractivity contribution >= 4 is 5.91 Å². The van der Waals surface area contributed by atoms with Crippen molar-refractivity contribution < 1.29 is 15.0 Å². The topological polar surface area (TPSA) is 60.8 Å². The second kappa shape index (κ2) is 14.6. The molecule has 0 saturated carbocycles. The summed E-state index contributed by atoms with van der Waals surface area (Å²) in [4.78, 5) is 12.5. The average Bonchev–Trinajstić information content (AvgIpc) is 2.75. The number of benzene rings is 2. The van der Waals surface area contributed by atoms with Crippen LogP contribution in [-0.2, 0) is 4.79 Å². The second-order valence-electron chi connectivity index (χ2n) is 6.71. The molecule has 0 bridgehead atoms. The van der Waals surface area contributed by atoms with Gasteiger partial charge in [0.2, 0.25) is 0 Å². The van der Waals surface area contributed by atoms with Gasteiger partial charge in [0.25, 0.3) is 5.91 Å². The summed E-state index contributed by atoms with van der Waals surface area (Å²) in [6.07, 6.45) is 0.0837. The van der Waals surface area contributed by atoms with Gasteiger partial charge in [0.1, 0.15) is 6.10 Å². The van der Waals surface area contributed by atoms with Crippen LogP contribution < -0.4 is 0 Å². The Morgan fingerprint density at radius 1 is 0.931 bits per heavy atom. The molecule has 2 rings (SSSR count). The number of hydrogen-bond donors (Lipinski definition) is 2. The maximum atomic E-state index is 11.3. The molecular weight excluding hydrogens is 362 g/mol. The van der Waals surface area contributed by atoms with E-state index in [1.807, 2.05) is 26.8 Å². The lowest BCUT2D eigenvalue weighted by atomic mass is 10.0. The van der Waals surface area contributed by atoms with Crippen LogP contribution in [0.4, 0.5) is 0 Å². The maximum absolute atomic E-state index is 11.3. The van der Waals surface area contributed by atoms with Crippen molar-refractivity contribution in [3.8, 4) is 11.1 Å². The molecular formula is C25H37NO3. The number of aliphatic hydroxyl groups is 2. The third kappa shape index (κ3) is 9.55. The zero-order valence-corrected chi connectivity index (χ0v) is 18.9. The van der Waals surface area contributed by atoms with E-state index in [2.05, 4.69) is 55.5 Å². The number of amides is 1. The molecule has 2 unspecified atom stereocenters. The first-order valence-electron chi connectivity index (χ1n) is 10.1. The summed E-state index contributed by atoms with van der Waals surface area (Å²) in [5.41, 5.74) is 4.49. The zero-order valence-electron chi connectivity index (χ0n) is 18.9. The highest BCUT2D eigenvalue weighted by Gasteiger charge is 2.26. The summed E-state index contributed by atoms with van der Waals surface area (Å²) < 4.78 is 0. The van der Waals surface area contributed by atoms with E-state index in [1.165, 1.54) is 35.7 Å². The Balaban J connectivity index is 0.000000498. The monoisotopic (exact) mass is 399 g/mol. The summed E-state index contributed by atoms with van der Waals surface area (Å²) in [6, 6.07) is 19.0. The Morgan fingerprint density at radius 3 is 1.86 bits per heavy atom. The van der Waals surface area contributed by atoms with Gasteiger partial charge in [-0.1, -0.05) is 87.0 Å². The van der Waals surface area contributed by atoms with E-state index in [9.17, 15) is 15.0 Å². The predicted molar refractivity (Wildman–Crippen MR) is 123 cm³/mol. The average molecular weight is 400 g/mol. The first kappa shape index (κ1) is 26.6. The van der Waals surface area contributed by atoms with Gasteiger partial charge in [-0.25, -0.2) is 0 Å². The molecule has 0 heterocycles. The molecule has 0 fully saturated rings. The minimum absolute atomic E-state index is 0.485. The first-order chi connectivity index (χ1) is 13.8. The number of allylic oxidation sites excluding steroid dienone is 1. The molecule has 4 nitrogen and oxygen atoms in total. The van der Waals surface area contributed by atoms with Gasteiger partial charge in [-0.3, -0.25) is 4.79 Å². The van der Waals surface area contributed by atoms with Gasteiger partial charge < -0.3 is 15.1 Å². The number of aryl methyl sites for hydroxylation is 1. The lowest BCUT2D eigenvalue weighted by Crippen LogP contribution is -2.42. The molecule has 0 aliphatic carbocycles. The Kier molecular flexibility index (Phi) is 13.3. The van der Waals surface area contributed by atoms with E-state index in [1.54, 1.807) is 13.0 Å². The predicted octanol–water partition coefficient (Wildman–Crippen LogP) is 4.84. The van der Waals surface area contributed by atoms with E-state index < -0.39 is 18.1 Å². The van der Waals surface area contributed by atoms with E-state index in [0.717, 1.165) is 6.42 Å². The lowest BCUT2D eigenvalue weighted by Gasteiger charge is -2.21. The molecule has 0 aromatic heterocycles. The van der Waals surface area contributed by atoms with E-state index in [-0.39, 0.29) is 0 Å². The summed E-state index contributed by atoms with van der Waals surface area (Å²) in [6.45, 7) is 9.73. The fourth-order valence-corrected chi connectivity index (χ4v) is 2.47. The molecule has 2 aromatic carbocycles. The van der Waals surface area contributed by atoms with Gasteiger partial charge in [-0.05, 0) is 37.0 Å². The number of nitrogens with zero attached hydrogens (tertiary/aromatic N) is 1. The summed E-state index contributed by atoms with van der Waals surface area (Å²) in [5.74, 6) is -0.485. The number of aliphatic hydroxyl groups excluding tert-OH is 2. The summed E-state index contributed by atoms with van der Waals surface area (Å²) >= 11 is 0. The van der Waals surface area contributed by atoms with Crippen LogP contribution in [-0.4, -0.2) is 47.3 Å². The molecule has 29 heavy (non-hydrogen) atoms. The smallest absolute Gasteiger partial charge is 0.253 e. The van der Waals surface area contributed by atoms with Gasteiger partial charge >= 0.3 is 0 Å². The molecule has 0 spiro atoms. The molecule has 0 radical (unpaired) electrons. The number of likely N-dealkylation sites (N-methyl/N-ethyl adjacent to an activating group) is 1. The summed E-state index contributed by atoms with van der Waals surface area (Å²) in [5, 5.41) is 19.0. The van der Waals surface area contributed by atoms with Gasteiger partial charge in [-0.2, -0.15) is 0 Å². The lowest BCUT2D eigenvalue weighted by molar-refractivity contribution is -0.142. The van der Waals surface area contributed by atoms with E-state index >= 15 is 0 Å². The Morgan fingerprint density at radius 2 is 1.41 bits per heavy atom. The normalized spacial score (nSPS) is 12.5. The van der Waals surface area contributed by atoms with Crippen LogP contribution in [0.2, 0.25) is 0 Å². The van der Waals surface area contributed by atoms with Crippen molar-refractivity contribution in [1.29, 1.82) is 0 Å². The third-order valence-electron chi connectivity index (χ3n) is 4.14. The van der Waals surface area contributed by atoms with E-state index in [4.69, 9.17) is 0 Å². The van der Waals surface area contributed by atoms with E-state index in [0.29, 0.717) is 5.57 Å². The highest BCUT2D eigenvalue weighted by molar-refractivity contribution is 5.81. The number of carbonyl (C=O) groups excluding carboxylic acids is 1. The van der Waals surface area contributed by atoms with Crippen molar-refractivity contribution in [2.45, 2.75) is 53.2 Å². The molecule has 0 aliphatic heterocycles. The van der Waals surface area contributed by atoms with Crippen molar-refractivity contribution in [3.05, 3.63) is 71.8 Å². The van der Waals surface area contributed by atoms with Crippen molar-refractivity contribution in [1.82, 2.24) is 4.90 Å². The Bertz CT molecular complexity index is 721. The van der Waals surface area contributed by atoms with Crippen LogP contribution in [0, 0.1) is 6.92 Å². The molecule has 0 aliphatic rings. The van der Waals surface area contributed by atoms with Crippen molar-refractivity contribution in [3.63, 3.8) is 0 Å². The van der Waals surface area contributed by atoms with Gasteiger partial charge in [0.15, 0.2) is 6.10 Å². The SMILES string of the molecule is CC.CC/C=C(\C)C(O)C(O)C(=O)N(C)C.Cc1ccc(-c2ccccc2)cc1. The minimum Gasteiger partial charge on any atom is -0.385 e. The van der Waals surface area contributed by atoms with Crippen LogP contribution in [0.1, 0.15) is 39.7 Å². The number of hydrogen-bond acceptors (Lipinski definition) is 3. The minimum atomic E-state index is -1.37. The Labute approximate surface area is 176 Å². The van der Waals surface area contributed by atoms with Crippen LogP contribution in [0.3, 0.4) is 0 Å². The van der Waals surface area contributed by atoms with Crippen molar-refractivity contribution in [2.24, 2.45) is 0 Å². The quantitative estimate of drug-likeness (QED) is 0.707. The molecule has 160 valence electrons. The van der Waals surface area contributed by atoms with Crippen LogP contribution in [0.5, 0.6) is 0 Å². The van der Waals surface area contributed by atoms with Gasteiger partial charge in [-0.15, -0.1) is 0 Å². The first-order valence-corrected chi connectivity index (χ1v) is 10.1.